The quantitative estimate of drug-likeness (QED) is 0.471. The lowest BCUT2D eigenvalue weighted by atomic mass is 10.2. The maximum absolute atomic E-state index is 11.7. The van der Waals surface area contributed by atoms with Crippen LogP contribution in [0.2, 0.25) is 0 Å². The number of nitrogens with zero attached hydrogens (tertiary/aromatic N) is 2. The Hall–Kier alpha value is -2.73. The van der Waals surface area contributed by atoms with Crippen LogP contribution in [0.15, 0.2) is 58.6 Å². The van der Waals surface area contributed by atoms with Crippen molar-refractivity contribution in [1.82, 2.24) is 9.97 Å². The minimum atomic E-state index is -0.969. The van der Waals surface area contributed by atoms with Crippen molar-refractivity contribution in [2.24, 2.45) is 0 Å². The van der Waals surface area contributed by atoms with Gasteiger partial charge in [0.1, 0.15) is 4.91 Å². The Morgan fingerprint density at radius 3 is 2.46 bits per heavy atom. The van der Waals surface area contributed by atoms with E-state index in [2.05, 4.69) is 28.7 Å². The largest absolute Gasteiger partial charge is 0.477 e. The summed E-state index contributed by atoms with van der Waals surface area (Å²) in [5, 5.41) is 10.1. The molecule has 0 bridgehead atoms. The molecule has 0 aliphatic rings. The molecule has 1 heterocycles. The Morgan fingerprint density at radius 2 is 1.85 bits per heavy atom. The molecule has 0 unspecified atom stereocenters. The number of hydrogen-bond donors (Lipinski definition) is 2. The van der Waals surface area contributed by atoms with Gasteiger partial charge in [-0.2, -0.15) is 0 Å². The zero-order chi connectivity index (χ0) is 18.5. The molecule has 0 aliphatic carbocycles. The van der Waals surface area contributed by atoms with Crippen LogP contribution in [0, 0.1) is 0 Å². The van der Waals surface area contributed by atoms with Gasteiger partial charge in [-0.3, -0.25) is 0 Å². The molecule has 2 aromatic carbocycles. The summed E-state index contributed by atoms with van der Waals surface area (Å²) in [6, 6.07) is 15.6. The Labute approximate surface area is 156 Å². The second kappa shape index (κ2) is 8.10. The van der Waals surface area contributed by atoms with Gasteiger partial charge in [0, 0.05) is 18.8 Å². The second-order valence-corrected chi connectivity index (χ2v) is 6.77. The van der Waals surface area contributed by atoms with Crippen LogP contribution in [0.4, 0.5) is 5.69 Å². The van der Waals surface area contributed by atoms with Gasteiger partial charge < -0.3 is 15.0 Å². The summed E-state index contributed by atoms with van der Waals surface area (Å²) in [6.45, 7) is 6.11. The highest BCUT2D eigenvalue weighted by atomic mass is 32.2. The average molecular weight is 367 g/mol. The summed E-state index contributed by atoms with van der Waals surface area (Å²) in [5.41, 5.74) is 3.70. The van der Waals surface area contributed by atoms with Crippen LogP contribution in [-0.2, 0) is 4.79 Å². The Bertz CT molecular complexity index is 895. The monoisotopic (exact) mass is 367 g/mol. The number of aromatic nitrogens is 2. The number of anilines is 1. The van der Waals surface area contributed by atoms with Crippen LogP contribution in [0.3, 0.4) is 0 Å². The molecule has 134 valence electrons. The highest BCUT2D eigenvalue weighted by molar-refractivity contribution is 8.04. The zero-order valence-electron chi connectivity index (χ0n) is 14.8. The van der Waals surface area contributed by atoms with Crippen molar-refractivity contribution in [2.45, 2.75) is 19.0 Å². The van der Waals surface area contributed by atoms with E-state index in [9.17, 15) is 9.90 Å². The topological polar surface area (TPSA) is 69.2 Å². The first-order valence-electron chi connectivity index (χ1n) is 8.53. The van der Waals surface area contributed by atoms with E-state index >= 15 is 0 Å². The van der Waals surface area contributed by atoms with Crippen LogP contribution in [0.1, 0.15) is 19.4 Å². The zero-order valence-corrected chi connectivity index (χ0v) is 15.6. The fourth-order valence-electron chi connectivity index (χ4n) is 2.74. The fraction of sp³-hybridized carbons (Fsp3) is 0.200. The minimum absolute atomic E-state index is 0.222. The molecule has 2 N–H and O–H groups in total. The van der Waals surface area contributed by atoms with Crippen molar-refractivity contribution in [2.75, 3.05) is 18.0 Å². The van der Waals surface area contributed by atoms with E-state index in [1.54, 1.807) is 6.08 Å². The molecule has 0 saturated heterocycles. The van der Waals surface area contributed by atoms with E-state index in [1.807, 2.05) is 48.5 Å². The van der Waals surface area contributed by atoms with Crippen LogP contribution in [0.5, 0.6) is 0 Å². The van der Waals surface area contributed by atoms with Gasteiger partial charge in [0.2, 0.25) is 0 Å². The molecule has 0 radical (unpaired) electrons. The van der Waals surface area contributed by atoms with Crippen molar-refractivity contribution in [3.63, 3.8) is 0 Å². The van der Waals surface area contributed by atoms with Gasteiger partial charge in [0.05, 0.1) is 11.0 Å². The number of carbonyl (C=O) groups is 1. The number of aliphatic carboxylic acids is 1. The van der Waals surface area contributed by atoms with Gasteiger partial charge in [-0.15, -0.1) is 0 Å². The number of hydrogen-bond acceptors (Lipinski definition) is 4. The first-order valence-corrected chi connectivity index (χ1v) is 9.35. The summed E-state index contributed by atoms with van der Waals surface area (Å²) < 4.78 is 0. The number of carboxylic acid groups (broad SMARTS) is 1. The number of fused-ring (bicyclic) bond motifs is 1. The predicted molar refractivity (Wildman–Crippen MR) is 108 cm³/mol. The predicted octanol–water partition coefficient (Wildman–Crippen LogP) is 4.63. The standard InChI is InChI=1S/C20H21N3O2S/c1-3-23(4-2)15-11-9-14(10-12-15)13-18(19(24)25)26-20-21-16-7-5-6-8-17(16)22-20/h5-13H,3-4H2,1-2H3,(H,21,22)(H,24,25)/b18-13-. The maximum Gasteiger partial charge on any atom is 0.342 e. The van der Waals surface area contributed by atoms with Gasteiger partial charge in [0.15, 0.2) is 5.16 Å². The molecule has 26 heavy (non-hydrogen) atoms. The summed E-state index contributed by atoms with van der Waals surface area (Å²) in [6.07, 6.45) is 1.67. The second-order valence-electron chi connectivity index (χ2n) is 5.74. The fourth-order valence-corrected chi connectivity index (χ4v) is 3.53. The summed E-state index contributed by atoms with van der Waals surface area (Å²) in [5.74, 6) is -0.969. The number of imidazole rings is 1. The SMILES string of the molecule is CCN(CC)c1ccc(/C=C(\Sc2nc3ccccc3[nH]2)C(=O)O)cc1. The molecule has 0 aliphatic heterocycles. The smallest absolute Gasteiger partial charge is 0.342 e. The highest BCUT2D eigenvalue weighted by Crippen LogP contribution is 2.28. The van der Waals surface area contributed by atoms with E-state index < -0.39 is 5.97 Å². The Balaban J connectivity index is 1.84. The molecule has 6 heteroatoms. The van der Waals surface area contributed by atoms with E-state index in [1.165, 1.54) is 0 Å². The molecular formula is C20H21N3O2S. The first-order chi connectivity index (χ1) is 12.6. The third-order valence-electron chi connectivity index (χ3n) is 4.10. The van der Waals surface area contributed by atoms with Crippen molar-refractivity contribution in [1.29, 1.82) is 0 Å². The lowest BCUT2D eigenvalue weighted by molar-refractivity contribution is -0.131. The summed E-state index contributed by atoms with van der Waals surface area (Å²) in [4.78, 5) is 21.7. The van der Waals surface area contributed by atoms with Gasteiger partial charge in [0.25, 0.3) is 0 Å². The Morgan fingerprint density at radius 1 is 1.15 bits per heavy atom. The van der Waals surface area contributed by atoms with Crippen molar-refractivity contribution >= 4 is 40.5 Å². The number of benzene rings is 2. The maximum atomic E-state index is 11.7. The van der Waals surface area contributed by atoms with Gasteiger partial charge in [-0.05, 0) is 61.5 Å². The van der Waals surface area contributed by atoms with E-state index in [0.29, 0.717) is 5.16 Å². The molecular weight excluding hydrogens is 346 g/mol. The van der Waals surface area contributed by atoms with E-state index in [0.717, 1.165) is 47.1 Å². The van der Waals surface area contributed by atoms with Crippen LogP contribution in [-0.4, -0.2) is 34.1 Å². The van der Waals surface area contributed by atoms with Crippen LogP contribution >= 0.6 is 11.8 Å². The third-order valence-corrected chi connectivity index (χ3v) is 5.00. The number of carboxylic acids is 1. The Kier molecular flexibility index (Phi) is 5.63. The number of thioether (sulfide) groups is 1. The van der Waals surface area contributed by atoms with Crippen molar-refractivity contribution < 1.29 is 9.90 Å². The molecule has 1 aromatic heterocycles. The third kappa shape index (κ3) is 4.08. The normalized spacial score (nSPS) is 11.7. The molecule has 3 aromatic rings. The summed E-state index contributed by atoms with van der Waals surface area (Å²) in [7, 11) is 0. The van der Waals surface area contributed by atoms with E-state index in [4.69, 9.17) is 0 Å². The number of para-hydroxylation sites is 2. The molecule has 5 nitrogen and oxygen atoms in total. The molecule has 0 amide bonds. The lowest BCUT2D eigenvalue weighted by Gasteiger charge is -2.20. The lowest BCUT2D eigenvalue weighted by Crippen LogP contribution is -2.21. The molecule has 0 fully saturated rings. The number of rotatable bonds is 7. The van der Waals surface area contributed by atoms with Crippen molar-refractivity contribution in [3.05, 3.63) is 59.0 Å². The molecule has 0 spiro atoms. The minimum Gasteiger partial charge on any atom is -0.477 e. The molecule has 0 saturated carbocycles. The number of H-pyrrole nitrogens is 1. The van der Waals surface area contributed by atoms with Gasteiger partial charge >= 0.3 is 5.97 Å². The van der Waals surface area contributed by atoms with Gasteiger partial charge in [-0.25, -0.2) is 9.78 Å². The van der Waals surface area contributed by atoms with Crippen LogP contribution in [0.25, 0.3) is 17.1 Å². The molecule has 3 rings (SSSR count). The average Bonchev–Trinajstić information content (AvgIpc) is 3.06. The molecule has 0 atom stereocenters. The highest BCUT2D eigenvalue weighted by Gasteiger charge is 2.13. The van der Waals surface area contributed by atoms with Gasteiger partial charge in [-0.1, -0.05) is 24.3 Å². The van der Waals surface area contributed by atoms with Crippen LogP contribution < -0.4 is 4.90 Å². The van der Waals surface area contributed by atoms with Crippen molar-refractivity contribution in [3.8, 4) is 0 Å². The number of aromatic amines is 1. The number of nitrogens with one attached hydrogen (secondary N) is 1. The summed E-state index contributed by atoms with van der Waals surface area (Å²) >= 11 is 1.12. The van der Waals surface area contributed by atoms with E-state index in [-0.39, 0.29) is 4.91 Å². The first kappa shape index (κ1) is 18.1.